The smallest absolute Gasteiger partial charge is 0.405 e. The standard InChI is InChI=1S/C15H10F4O2/c1-9-6-7-10(8-12(9)16)14(20)11-4-2-3-5-13(11)21-15(17,18)19/h2-8H,1H3. The summed E-state index contributed by atoms with van der Waals surface area (Å²) in [6.45, 7) is 1.52. The number of halogens is 4. The quantitative estimate of drug-likeness (QED) is 0.625. The van der Waals surface area contributed by atoms with Gasteiger partial charge in [0.05, 0.1) is 5.56 Å². The number of carbonyl (C=O) groups is 1. The summed E-state index contributed by atoms with van der Waals surface area (Å²) in [5, 5.41) is 0. The fourth-order valence-electron chi connectivity index (χ4n) is 1.76. The Morgan fingerprint density at radius 1 is 1.10 bits per heavy atom. The summed E-state index contributed by atoms with van der Waals surface area (Å²) in [4.78, 5) is 12.2. The van der Waals surface area contributed by atoms with E-state index in [0.717, 1.165) is 12.1 Å². The number of benzene rings is 2. The van der Waals surface area contributed by atoms with Gasteiger partial charge < -0.3 is 4.74 Å². The summed E-state index contributed by atoms with van der Waals surface area (Å²) in [5.41, 5.74) is 0.0146. The Balaban J connectivity index is 2.41. The third kappa shape index (κ3) is 3.59. The average Bonchev–Trinajstić information content (AvgIpc) is 2.40. The van der Waals surface area contributed by atoms with Gasteiger partial charge in [-0.05, 0) is 30.7 Å². The molecule has 21 heavy (non-hydrogen) atoms. The molecule has 0 amide bonds. The van der Waals surface area contributed by atoms with Crippen molar-refractivity contribution in [3.63, 3.8) is 0 Å². The van der Waals surface area contributed by atoms with Crippen LogP contribution < -0.4 is 4.74 Å². The van der Waals surface area contributed by atoms with Crippen LogP contribution in [0.15, 0.2) is 42.5 Å². The normalized spacial score (nSPS) is 11.3. The highest BCUT2D eigenvalue weighted by atomic mass is 19.4. The zero-order valence-corrected chi connectivity index (χ0v) is 10.9. The van der Waals surface area contributed by atoms with Crippen LogP contribution in [0, 0.1) is 12.7 Å². The number of ketones is 1. The van der Waals surface area contributed by atoms with Crippen molar-refractivity contribution in [2.24, 2.45) is 0 Å². The summed E-state index contributed by atoms with van der Waals surface area (Å²) >= 11 is 0. The van der Waals surface area contributed by atoms with Crippen molar-refractivity contribution in [2.45, 2.75) is 13.3 Å². The van der Waals surface area contributed by atoms with Crippen LogP contribution in [0.3, 0.4) is 0 Å². The molecule has 0 spiro atoms. The van der Waals surface area contributed by atoms with Crippen LogP contribution in [0.4, 0.5) is 17.6 Å². The summed E-state index contributed by atoms with van der Waals surface area (Å²) in [7, 11) is 0. The maximum Gasteiger partial charge on any atom is 0.573 e. The van der Waals surface area contributed by atoms with Crippen LogP contribution in [0.5, 0.6) is 5.75 Å². The molecule has 0 bridgehead atoms. The van der Waals surface area contributed by atoms with Crippen LogP contribution in [-0.2, 0) is 0 Å². The Kier molecular flexibility index (Phi) is 3.97. The molecule has 0 saturated heterocycles. The van der Waals surface area contributed by atoms with Gasteiger partial charge in [0.2, 0.25) is 0 Å². The first-order valence-electron chi connectivity index (χ1n) is 5.93. The molecule has 2 rings (SSSR count). The molecule has 2 nitrogen and oxygen atoms in total. The second kappa shape index (κ2) is 5.55. The molecule has 110 valence electrons. The van der Waals surface area contributed by atoms with E-state index >= 15 is 0 Å². The summed E-state index contributed by atoms with van der Waals surface area (Å²) in [5.74, 6) is -1.96. The SMILES string of the molecule is Cc1ccc(C(=O)c2ccccc2OC(F)(F)F)cc1F. The zero-order valence-electron chi connectivity index (χ0n) is 10.9. The highest BCUT2D eigenvalue weighted by Crippen LogP contribution is 2.28. The van der Waals surface area contributed by atoms with Crippen molar-refractivity contribution in [3.05, 3.63) is 65.0 Å². The lowest BCUT2D eigenvalue weighted by Gasteiger charge is -2.12. The molecule has 0 aliphatic rings. The lowest BCUT2D eigenvalue weighted by atomic mass is 10.0. The number of para-hydroxylation sites is 1. The molecule has 0 heterocycles. The molecule has 0 aliphatic carbocycles. The van der Waals surface area contributed by atoms with Gasteiger partial charge in [-0.15, -0.1) is 13.2 Å². The van der Waals surface area contributed by atoms with Gasteiger partial charge in [0.15, 0.2) is 5.78 Å². The number of rotatable bonds is 3. The second-order valence-electron chi connectivity index (χ2n) is 4.34. The largest absolute Gasteiger partial charge is 0.573 e. The molecule has 2 aromatic rings. The fourth-order valence-corrected chi connectivity index (χ4v) is 1.76. The minimum atomic E-state index is -4.91. The number of carbonyl (C=O) groups excluding carboxylic acids is 1. The molecule has 0 aromatic heterocycles. The fraction of sp³-hybridized carbons (Fsp3) is 0.133. The maximum absolute atomic E-state index is 13.5. The molecule has 0 saturated carbocycles. The van der Waals surface area contributed by atoms with Crippen molar-refractivity contribution >= 4 is 5.78 Å². The number of aryl methyl sites for hydroxylation is 1. The lowest BCUT2D eigenvalue weighted by molar-refractivity contribution is -0.274. The van der Waals surface area contributed by atoms with Gasteiger partial charge in [-0.3, -0.25) is 4.79 Å². The minimum absolute atomic E-state index is 0.0451. The number of hydrogen-bond acceptors (Lipinski definition) is 2. The number of ether oxygens (including phenoxy) is 1. The predicted molar refractivity (Wildman–Crippen MR) is 67.7 cm³/mol. The van der Waals surface area contributed by atoms with E-state index in [-0.39, 0.29) is 11.1 Å². The number of alkyl halides is 3. The molecule has 2 aromatic carbocycles. The predicted octanol–water partition coefficient (Wildman–Crippen LogP) is 4.26. The van der Waals surface area contributed by atoms with Crippen LogP contribution in [-0.4, -0.2) is 12.1 Å². The van der Waals surface area contributed by atoms with Gasteiger partial charge in [-0.2, -0.15) is 0 Å². The topological polar surface area (TPSA) is 26.3 Å². The molecule has 0 aliphatic heterocycles. The molecule has 0 fully saturated rings. The van der Waals surface area contributed by atoms with Crippen LogP contribution in [0.25, 0.3) is 0 Å². The first kappa shape index (κ1) is 15.0. The molecular weight excluding hydrogens is 288 g/mol. The van der Waals surface area contributed by atoms with E-state index in [4.69, 9.17) is 0 Å². The molecular formula is C15H10F4O2. The van der Waals surface area contributed by atoms with Crippen LogP contribution >= 0.6 is 0 Å². The van der Waals surface area contributed by atoms with Crippen LogP contribution in [0.2, 0.25) is 0 Å². The van der Waals surface area contributed by atoms with Crippen molar-refractivity contribution in [3.8, 4) is 5.75 Å². The monoisotopic (exact) mass is 298 g/mol. The van der Waals surface area contributed by atoms with Crippen LogP contribution in [0.1, 0.15) is 21.5 Å². The lowest BCUT2D eigenvalue weighted by Crippen LogP contribution is -2.19. The maximum atomic E-state index is 13.5. The highest BCUT2D eigenvalue weighted by molar-refractivity contribution is 6.10. The molecule has 0 N–H and O–H groups in total. The number of hydrogen-bond donors (Lipinski definition) is 0. The third-order valence-corrected chi connectivity index (χ3v) is 2.79. The summed E-state index contributed by atoms with van der Waals surface area (Å²) < 4.78 is 54.2. The summed E-state index contributed by atoms with van der Waals surface area (Å²) in [6, 6.07) is 8.67. The Hall–Kier alpha value is -2.37. The van der Waals surface area contributed by atoms with E-state index in [0.29, 0.717) is 5.56 Å². The Bertz CT molecular complexity index is 678. The first-order valence-corrected chi connectivity index (χ1v) is 5.93. The third-order valence-electron chi connectivity index (χ3n) is 2.79. The first-order chi connectivity index (χ1) is 9.78. The minimum Gasteiger partial charge on any atom is -0.405 e. The molecule has 0 atom stereocenters. The average molecular weight is 298 g/mol. The van der Waals surface area contributed by atoms with Gasteiger partial charge in [0.25, 0.3) is 0 Å². The van der Waals surface area contributed by atoms with Crippen molar-refractivity contribution in [2.75, 3.05) is 0 Å². The van der Waals surface area contributed by atoms with Gasteiger partial charge in [0.1, 0.15) is 11.6 Å². The Morgan fingerprint density at radius 3 is 2.38 bits per heavy atom. The molecule has 0 unspecified atom stereocenters. The van der Waals surface area contributed by atoms with E-state index in [1.165, 1.54) is 37.3 Å². The molecule has 0 radical (unpaired) electrons. The van der Waals surface area contributed by atoms with Gasteiger partial charge in [-0.1, -0.05) is 24.3 Å². The van der Waals surface area contributed by atoms with Crippen molar-refractivity contribution < 1.29 is 27.1 Å². The Labute approximate surface area is 118 Å². The van der Waals surface area contributed by atoms with E-state index in [9.17, 15) is 22.4 Å². The van der Waals surface area contributed by atoms with Gasteiger partial charge in [-0.25, -0.2) is 4.39 Å². The second-order valence-corrected chi connectivity index (χ2v) is 4.34. The van der Waals surface area contributed by atoms with Crippen molar-refractivity contribution in [1.29, 1.82) is 0 Å². The van der Waals surface area contributed by atoms with Gasteiger partial charge in [0, 0.05) is 5.56 Å². The van der Waals surface area contributed by atoms with Crippen molar-refractivity contribution in [1.82, 2.24) is 0 Å². The van der Waals surface area contributed by atoms with E-state index < -0.39 is 23.7 Å². The summed E-state index contributed by atoms with van der Waals surface area (Å²) in [6.07, 6.45) is -4.91. The van der Waals surface area contributed by atoms with Gasteiger partial charge >= 0.3 is 6.36 Å². The Morgan fingerprint density at radius 2 is 1.76 bits per heavy atom. The highest BCUT2D eigenvalue weighted by Gasteiger charge is 2.33. The zero-order chi connectivity index (χ0) is 15.6. The van der Waals surface area contributed by atoms with E-state index in [2.05, 4.69) is 4.74 Å². The molecule has 6 heteroatoms. The van der Waals surface area contributed by atoms with E-state index in [1.54, 1.807) is 0 Å². The van der Waals surface area contributed by atoms with E-state index in [1.807, 2.05) is 0 Å².